The van der Waals surface area contributed by atoms with Gasteiger partial charge < -0.3 is 0 Å². The Hall–Kier alpha value is 0.473. The van der Waals surface area contributed by atoms with E-state index < -0.39 is 15.4 Å². The molecule has 0 fully saturated rings. The van der Waals surface area contributed by atoms with Crippen molar-refractivity contribution in [3.05, 3.63) is 0 Å². The molecule has 0 aromatic heterocycles. The fraction of sp³-hybridized carbons (Fsp3) is 1.00. The molecule has 0 saturated carbocycles. The Labute approximate surface area is 38.2 Å². The minimum atomic E-state index is -0.569. The zero-order chi connectivity index (χ0) is 4.12. The zero-order valence-corrected chi connectivity index (χ0v) is 6.47. The third kappa shape index (κ3) is 4.47. The molecule has 0 spiro atoms. The maximum atomic E-state index is 11.1. The van der Waals surface area contributed by atoms with Crippen LogP contribution in [0.4, 0.5) is 4.39 Å². The van der Waals surface area contributed by atoms with Crippen molar-refractivity contribution in [3.63, 3.8) is 0 Å². The average Bonchev–Trinajstić information content (AvgIpc) is 1.41. The number of hydrogen-bond acceptors (Lipinski definition) is 0. The van der Waals surface area contributed by atoms with Crippen molar-refractivity contribution in [2.45, 2.75) is 12.2 Å². The van der Waals surface area contributed by atoms with Crippen molar-refractivity contribution in [2.75, 3.05) is 5.51 Å². The van der Waals surface area contributed by atoms with E-state index in [1.54, 1.807) is 0 Å². The molecular weight excluding hydrogens is 128 g/mol. The first-order valence-corrected chi connectivity index (χ1v) is 6.17. The van der Waals surface area contributed by atoms with Crippen LogP contribution in [0.5, 0.6) is 0 Å². The Bertz CT molecular complexity index is 14.4. The Morgan fingerprint density at radius 2 is 2.40 bits per heavy atom. The predicted octanol–water partition coefficient (Wildman–Crippen LogP) is 0.520. The second kappa shape index (κ2) is 4.47. The molecule has 0 aliphatic carbocycles. The second-order valence-corrected chi connectivity index (χ2v) is 5.42. The van der Waals surface area contributed by atoms with Crippen LogP contribution in [-0.2, 0) is 0 Å². The van der Waals surface area contributed by atoms with E-state index in [1.807, 2.05) is 0 Å². The number of alkyl halides is 1. The fourth-order valence-corrected chi connectivity index (χ4v) is 0.694. The van der Waals surface area contributed by atoms with Gasteiger partial charge in [0.05, 0.1) is 0 Å². The summed E-state index contributed by atoms with van der Waals surface area (Å²) in [7, 11) is 0. The van der Waals surface area contributed by atoms with E-state index in [1.165, 1.54) is 0 Å². The number of rotatable bonds is 2. The van der Waals surface area contributed by atoms with Crippen molar-refractivity contribution in [3.8, 4) is 0 Å². The van der Waals surface area contributed by atoms with Gasteiger partial charge in [0.2, 0.25) is 0 Å². The molecule has 0 heterocycles. The van der Waals surface area contributed by atoms with Gasteiger partial charge in [0.1, 0.15) is 0 Å². The quantitative estimate of drug-likeness (QED) is 0.486. The first-order chi connectivity index (χ1) is 2.41. The van der Waals surface area contributed by atoms with E-state index in [4.69, 9.17) is 0 Å². The van der Waals surface area contributed by atoms with Crippen molar-refractivity contribution in [1.29, 1.82) is 0 Å². The number of hydrogen-bond donors (Lipinski definition) is 0. The molecular formula is C3H9FGe. The van der Waals surface area contributed by atoms with Gasteiger partial charge >= 0.3 is 37.5 Å². The van der Waals surface area contributed by atoms with Crippen LogP contribution in [0.2, 0.25) is 5.25 Å². The van der Waals surface area contributed by atoms with Gasteiger partial charge in [-0.25, -0.2) is 0 Å². The van der Waals surface area contributed by atoms with Crippen LogP contribution >= 0.6 is 0 Å². The van der Waals surface area contributed by atoms with Crippen molar-refractivity contribution in [1.82, 2.24) is 0 Å². The molecule has 0 rings (SSSR count). The average molecular weight is 137 g/mol. The maximum absolute atomic E-state index is 11.1. The van der Waals surface area contributed by atoms with Gasteiger partial charge in [0.15, 0.2) is 0 Å². The van der Waals surface area contributed by atoms with Gasteiger partial charge in [-0.15, -0.1) is 0 Å². The third-order valence-electron chi connectivity index (χ3n) is 0.487. The second-order valence-electron chi connectivity index (χ2n) is 1.04. The van der Waals surface area contributed by atoms with Crippen LogP contribution in [0.25, 0.3) is 0 Å². The standard InChI is InChI=1S/C3H9FGe/c1-2-5-3-4/h2-3,5H2,1H3. The molecule has 0 unspecified atom stereocenters. The summed E-state index contributed by atoms with van der Waals surface area (Å²) >= 11 is -0.569. The fourth-order valence-electron chi connectivity index (χ4n) is 0.134. The minimum absolute atomic E-state index is 0.0312. The Balaban J connectivity index is 2.19. The van der Waals surface area contributed by atoms with Crippen molar-refractivity contribution >= 4 is 15.4 Å². The van der Waals surface area contributed by atoms with Crippen LogP contribution in [0, 0.1) is 0 Å². The van der Waals surface area contributed by atoms with Crippen molar-refractivity contribution in [2.24, 2.45) is 0 Å². The van der Waals surface area contributed by atoms with Crippen LogP contribution in [0.15, 0.2) is 0 Å². The molecule has 0 N–H and O–H groups in total. The molecule has 0 radical (unpaired) electrons. The summed E-state index contributed by atoms with van der Waals surface area (Å²) in [5.41, 5.74) is 0.0312. The van der Waals surface area contributed by atoms with Crippen LogP contribution < -0.4 is 0 Å². The van der Waals surface area contributed by atoms with Gasteiger partial charge in [-0.1, -0.05) is 0 Å². The molecule has 0 amide bonds. The molecule has 2 heteroatoms. The molecule has 0 saturated heterocycles. The molecule has 0 aromatic carbocycles. The van der Waals surface area contributed by atoms with E-state index in [0.29, 0.717) is 0 Å². The first-order valence-electron chi connectivity index (χ1n) is 1.97. The molecule has 0 atom stereocenters. The normalized spacial score (nSPS) is 10.8. The monoisotopic (exact) mass is 138 g/mol. The predicted molar refractivity (Wildman–Crippen MR) is 25.0 cm³/mol. The van der Waals surface area contributed by atoms with Gasteiger partial charge in [0, 0.05) is 0 Å². The summed E-state index contributed by atoms with van der Waals surface area (Å²) < 4.78 is 11.1. The van der Waals surface area contributed by atoms with Crippen LogP contribution in [0.1, 0.15) is 6.92 Å². The van der Waals surface area contributed by atoms with Crippen molar-refractivity contribution < 1.29 is 4.39 Å². The van der Waals surface area contributed by atoms with Gasteiger partial charge in [0.25, 0.3) is 0 Å². The van der Waals surface area contributed by atoms with E-state index in [-0.39, 0.29) is 5.51 Å². The summed E-state index contributed by atoms with van der Waals surface area (Å²) in [6.45, 7) is 2.06. The van der Waals surface area contributed by atoms with E-state index in [9.17, 15) is 4.39 Å². The van der Waals surface area contributed by atoms with E-state index in [0.717, 1.165) is 5.25 Å². The molecule has 0 bridgehead atoms. The third-order valence-corrected chi connectivity index (χ3v) is 2.53. The first kappa shape index (κ1) is 5.47. The molecule has 0 nitrogen and oxygen atoms in total. The Morgan fingerprint density at radius 3 is 2.40 bits per heavy atom. The number of halogens is 1. The van der Waals surface area contributed by atoms with Crippen LogP contribution in [-0.4, -0.2) is 20.9 Å². The van der Waals surface area contributed by atoms with Gasteiger partial charge in [-0.05, 0) is 0 Å². The SMILES string of the molecule is C[CH2][GeH2][CH2]F. The topological polar surface area (TPSA) is 0 Å². The van der Waals surface area contributed by atoms with Crippen LogP contribution in [0.3, 0.4) is 0 Å². The van der Waals surface area contributed by atoms with E-state index >= 15 is 0 Å². The summed E-state index contributed by atoms with van der Waals surface area (Å²) in [6, 6.07) is 0. The summed E-state index contributed by atoms with van der Waals surface area (Å²) in [4.78, 5) is 0. The van der Waals surface area contributed by atoms with E-state index in [2.05, 4.69) is 6.92 Å². The summed E-state index contributed by atoms with van der Waals surface area (Å²) in [5, 5.41) is 1.16. The zero-order valence-electron chi connectivity index (χ0n) is 3.50. The molecule has 32 valence electrons. The molecule has 5 heavy (non-hydrogen) atoms. The molecule has 0 aliphatic rings. The molecule has 0 aromatic rings. The Morgan fingerprint density at radius 1 is 1.80 bits per heavy atom. The summed E-state index contributed by atoms with van der Waals surface area (Å²) in [5.74, 6) is 0. The van der Waals surface area contributed by atoms with Gasteiger partial charge in [-0.3, -0.25) is 0 Å². The Kier molecular flexibility index (Phi) is 4.90. The summed E-state index contributed by atoms with van der Waals surface area (Å²) in [6.07, 6.45) is 0. The molecule has 0 aliphatic heterocycles. The van der Waals surface area contributed by atoms with Gasteiger partial charge in [-0.2, -0.15) is 0 Å².